The van der Waals surface area contributed by atoms with Gasteiger partial charge >= 0.3 is 6.09 Å². The summed E-state index contributed by atoms with van der Waals surface area (Å²) in [6.07, 6.45) is 1.79. The first-order chi connectivity index (χ1) is 11.2. The first kappa shape index (κ1) is 17.2. The summed E-state index contributed by atoms with van der Waals surface area (Å²) in [6.45, 7) is 0.274. The molecule has 0 aliphatic heterocycles. The fourth-order valence-electron chi connectivity index (χ4n) is 1.94. The van der Waals surface area contributed by atoms with Gasteiger partial charge in [0.25, 0.3) is 0 Å². The van der Waals surface area contributed by atoms with Gasteiger partial charge in [0.05, 0.1) is 0 Å². The lowest BCUT2D eigenvalue weighted by atomic mass is 10.1. The second-order valence-corrected chi connectivity index (χ2v) is 6.26. The van der Waals surface area contributed by atoms with Crippen LogP contribution >= 0.6 is 11.8 Å². The van der Waals surface area contributed by atoms with E-state index in [0.717, 1.165) is 16.9 Å². The minimum atomic E-state index is -0.331. The summed E-state index contributed by atoms with van der Waals surface area (Å²) < 4.78 is 5.33. The Bertz CT molecular complexity index is 639. The van der Waals surface area contributed by atoms with E-state index in [0.29, 0.717) is 0 Å². The number of nitrogens with zero attached hydrogens (tertiary/aromatic N) is 1. The number of hydrogen-bond acceptors (Lipinski definition) is 3. The lowest BCUT2D eigenvalue weighted by Gasteiger charge is -2.13. The zero-order valence-corrected chi connectivity index (χ0v) is 14.3. The SMILES string of the molecule is CN(C)C(=O)OC/C(=C\CSc1ccccc1)c1ccccc1. The number of thioether (sulfide) groups is 1. The molecule has 0 aliphatic carbocycles. The highest BCUT2D eigenvalue weighted by molar-refractivity contribution is 7.99. The quantitative estimate of drug-likeness (QED) is 0.728. The van der Waals surface area contributed by atoms with Crippen LogP contribution in [0.2, 0.25) is 0 Å². The van der Waals surface area contributed by atoms with Crippen molar-refractivity contribution >= 4 is 23.4 Å². The molecule has 0 unspecified atom stereocenters. The van der Waals surface area contributed by atoms with Crippen LogP contribution in [-0.4, -0.2) is 37.4 Å². The molecule has 0 radical (unpaired) electrons. The predicted molar refractivity (Wildman–Crippen MR) is 96.6 cm³/mol. The molecule has 2 rings (SSSR count). The number of rotatable bonds is 6. The number of benzene rings is 2. The van der Waals surface area contributed by atoms with Crippen LogP contribution in [0.4, 0.5) is 4.79 Å². The molecule has 2 aromatic carbocycles. The Balaban J connectivity index is 2.03. The van der Waals surface area contributed by atoms with Crippen molar-refractivity contribution in [2.45, 2.75) is 4.90 Å². The van der Waals surface area contributed by atoms with Crippen molar-refractivity contribution < 1.29 is 9.53 Å². The number of carbonyl (C=O) groups is 1. The summed E-state index contributed by atoms with van der Waals surface area (Å²) in [4.78, 5) is 14.3. The summed E-state index contributed by atoms with van der Waals surface area (Å²) in [5.74, 6) is 0.827. The average molecular weight is 327 g/mol. The molecule has 4 heteroatoms. The van der Waals surface area contributed by atoms with E-state index in [2.05, 4.69) is 18.2 Å². The number of hydrogen-bond donors (Lipinski definition) is 0. The van der Waals surface area contributed by atoms with Crippen molar-refractivity contribution in [3.05, 3.63) is 72.3 Å². The summed E-state index contributed by atoms with van der Waals surface area (Å²) in [5.41, 5.74) is 2.09. The molecule has 0 heterocycles. The Labute approximate surface area is 142 Å². The minimum absolute atomic E-state index is 0.274. The summed E-state index contributed by atoms with van der Waals surface area (Å²) in [7, 11) is 3.36. The maximum atomic E-state index is 11.6. The van der Waals surface area contributed by atoms with Crippen LogP contribution in [0.3, 0.4) is 0 Å². The topological polar surface area (TPSA) is 29.5 Å². The Morgan fingerprint density at radius 1 is 1.04 bits per heavy atom. The van der Waals surface area contributed by atoms with Crippen molar-refractivity contribution in [1.29, 1.82) is 0 Å². The molecule has 0 fully saturated rings. The van der Waals surface area contributed by atoms with Crippen LogP contribution in [0.25, 0.3) is 5.57 Å². The van der Waals surface area contributed by atoms with Crippen molar-refractivity contribution in [3.8, 4) is 0 Å². The van der Waals surface area contributed by atoms with Gasteiger partial charge in [-0.2, -0.15) is 0 Å². The average Bonchev–Trinajstić information content (AvgIpc) is 2.59. The zero-order chi connectivity index (χ0) is 16.5. The van der Waals surface area contributed by atoms with Gasteiger partial charge in [-0.3, -0.25) is 0 Å². The van der Waals surface area contributed by atoms with Crippen molar-refractivity contribution in [3.63, 3.8) is 0 Å². The van der Waals surface area contributed by atoms with Crippen LogP contribution in [0, 0.1) is 0 Å². The van der Waals surface area contributed by atoms with Gasteiger partial charge in [0, 0.05) is 24.7 Å². The minimum Gasteiger partial charge on any atom is -0.445 e. The molecule has 3 nitrogen and oxygen atoms in total. The van der Waals surface area contributed by atoms with Crippen LogP contribution in [0.15, 0.2) is 71.6 Å². The van der Waals surface area contributed by atoms with Gasteiger partial charge in [-0.05, 0) is 23.3 Å². The lowest BCUT2D eigenvalue weighted by Crippen LogP contribution is -2.23. The molecule has 0 bridgehead atoms. The van der Waals surface area contributed by atoms with E-state index in [4.69, 9.17) is 4.74 Å². The molecule has 2 aromatic rings. The molecule has 120 valence electrons. The van der Waals surface area contributed by atoms with Gasteiger partial charge in [0.1, 0.15) is 6.61 Å². The Hall–Kier alpha value is -2.20. The third-order valence-corrected chi connectivity index (χ3v) is 4.12. The van der Waals surface area contributed by atoms with E-state index in [1.54, 1.807) is 25.9 Å². The fourth-order valence-corrected chi connectivity index (χ4v) is 2.76. The van der Waals surface area contributed by atoms with Gasteiger partial charge in [0.15, 0.2) is 0 Å². The molecule has 0 saturated carbocycles. The molecular weight excluding hydrogens is 306 g/mol. The monoisotopic (exact) mass is 327 g/mol. The fraction of sp³-hybridized carbons (Fsp3) is 0.211. The normalized spacial score (nSPS) is 11.1. The van der Waals surface area contributed by atoms with Gasteiger partial charge in [-0.25, -0.2) is 4.79 Å². The van der Waals surface area contributed by atoms with E-state index < -0.39 is 0 Å². The van der Waals surface area contributed by atoms with Crippen LogP contribution in [0.5, 0.6) is 0 Å². The van der Waals surface area contributed by atoms with Gasteiger partial charge in [0.2, 0.25) is 0 Å². The van der Waals surface area contributed by atoms with Gasteiger partial charge in [-0.15, -0.1) is 11.8 Å². The highest BCUT2D eigenvalue weighted by Gasteiger charge is 2.08. The van der Waals surface area contributed by atoms with Crippen LogP contribution in [0.1, 0.15) is 5.56 Å². The lowest BCUT2D eigenvalue weighted by molar-refractivity contribution is 0.131. The second-order valence-electron chi connectivity index (χ2n) is 5.17. The largest absolute Gasteiger partial charge is 0.445 e. The maximum absolute atomic E-state index is 11.6. The van der Waals surface area contributed by atoms with E-state index in [1.807, 2.05) is 48.5 Å². The van der Waals surface area contributed by atoms with E-state index in [1.165, 1.54) is 9.80 Å². The summed E-state index contributed by atoms with van der Waals surface area (Å²) in [6, 6.07) is 20.3. The third kappa shape index (κ3) is 5.83. The van der Waals surface area contributed by atoms with Gasteiger partial charge < -0.3 is 9.64 Å². The summed E-state index contributed by atoms with van der Waals surface area (Å²) in [5, 5.41) is 0. The molecule has 0 aromatic heterocycles. The standard InChI is InChI=1S/C19H21NO2S/c1-20(2)19(21)22-15-17(16-9-5-3-6-10-16)13-14-23-18-11-7-4-8-12-18/h3-13H,14-15H2,1-2H3/b17-13+. The van der Waals surface area contributed by atoms with E-state index in [-0.39, 0.29) is 12.7 Å². The Kier molecular flexibility index (Phi) is 6.76. The molecule has 0 saturated heterocycles. The van der Waals surface area contributed by atoms with Crippen molar-refractivity contribution in [2.24, 2.45) is 0 Å². The molecule has 0 atom stereocenters. The van der Waals surface area contributed by atoms with Gasteiger partial charge in [-0.1, -0.05) is 54.6 Å². The highest BCUT2D eigenvalue weighted by Crippen LogP contribution is 2.21. The molecule has 0 aliphatic rings. The number of ether oxygens (including phenoxy) is 1. The molecule has 0 N–H and O–H groups in total. The second kappa shape index (κ2) is 9.06. The van der Waals surface area contributed by atoms with E-state index >= 15 is 0 Å². The van der Waals surface area contributed by atoms with E-state index in [9.17, 15) is 4.79 Å². The zero-order valence-electron chi connectivity index (χ0n) is 13.4. The predicted octanol–water partition coefficient (Wildman–Crippen LogP) is 4.56. The smallest absolute Gasteiger partial charge is 0.409 e. The highest BCUT2D eigenvalue weighted by atomic mass is 32.2. The third-order valence-electron chi connectivity index (χ3n) is 3.18. The Morgan fingerprint density at radius 3 is 2.26 bits per heavy atom. The number of carbonyl (C=O) groups excluding carboxylic acids is 1. The maximum Gasteiger partial charge on any atom is 0.409 e. The van der Waals surface area contributed by atoms with Crippen molar-refractivity contribution in [1.82, 2.24) is 4.90 Å². The molecule has 0 spiro atoms. The Morgan fingerprint density at radius 2 is 1.65 bits per heavy atom. The molecular formula is C19H21NO2S. The first-order valence-corrected chi connectivity index (χ1v) is 8.42. The van der Waals surface area contributed by atoms with Crippen LogP contribution < -0.4 is 0 Å². The summed E-state index contributed by atoms with van der Waals surface area (Å²) >= 11 is 1.76. The first-order valence-electron chi connectivity index (χ1n) is 7.43. The van der Waals surface area contributed by atoms with Crippen LogP contribution in [-0.2, 0) is 4.74 Å². The van der Waals surface area contributed by atoms with Crippen molar-refractivity contribution in [2.75, 3.05) is 26.5 Å². The molecule has 23 heavy (non-hydrogen) atoms. The number of amides is 1. The molecule has 1 amide bonds.